The van der Waals surface area contributed by atoms with Gasteiger partial charge in [-0.1, -0.05) is 13.8 Å². The number of carbonyl (C=O) groups is 1. The summed E-state index contributed by atoms with van der Waals surface area (Å²) in [7, 11) is 2.02. The highest BCUT2D eigenvalue weighted by Crippen LogP contribution is 2.36. The van der Waals surface area contributed by atoms with Gasteiger partial charge in [-0.25, -0.2) is 0 Å². The van der Waals surface area contributed by atoms with Crippen molar-refractivity contribution in [3.63, 3.8) is 0 Å². The second kappa shape index (κ2) is 7.22. The third kappa shape index (κ3) is 5.46. The summed E-state index contributed by atoms with van der Waals surface area (Å²) in [6.07, 6.45) is 2.74. The van der Waals surface area contributed by atoms with Gasteiger partial charge in [0.25, 0.3) is 0 Å². The molecule has 1 saturated carbocycles. The van der Waals surface area contributed by atoms with Crippen molar-refractivity contribution in [3.05, 3.63) is 0 Å². The van der Waals surface area contributed by atoms with Crippen molar-refractivity contribution in [1.82, 2.24) is 4.90 Å². The molecule has 0 heterocycles. The van der Waals surface area contributed by atoms with E-state index in [2.05, 4.69) is 18.7 Å². The van der Waals surface area contributed by atoms with Gasteiger partial charge in [0.15, 0.2) is 0 Å². The molecule has 4 heteroatoms. The molecule has 0 bridgehead atoms. The maximum atomic E-state index is 11.9. The van der Waals surface area contributed by atoms with Crippen LogP contribution in [0.5, 0.6) is 0 Å². The molecule has 1 aliphatic rings. The van der Waals surface area contributed by atoms with E-state index in [1.165, 1.54) is 0 Å². The molecule has 0 aliphatic heterocycles. The number of ether oxygens (including phenoxy) is 1. The maximum absolute atomic E-state index is 11.9. The lowest BCUT2D eigenvalue weighted by molar-refractivity contribution is -0.127. The first-order valence-electron chi connectivity index (χ1n) is 6.84. The van der Waals surface area contributed by atoms with Gasteiger partial charge in [-0.05, 0) is 25.3 Å². The van der Waals surface area contributed by atoms with E-state index in [1.807, 2.05) is 7.05 Å². The van der Waals surface area contributed by atoms with Crippen LogP contribution in [-0.2, 0) is 9.53 Å². The normalized spacial score (nSPS) is 23.6. The van der Waals surface area contributed by atoms with Gasteiger partial charge in [0, 0.05) is 25.4 Å². The molecule has 0 aromatic heterocycles. The van der Waals surface area contributed by atoms with Crippen molar-refractivity contribution in [2.75, 3.05) is 40.0 Å². The van der Waals surface area contributed by atoms with Crippen molar-refractivity contribution in [3.8, 4) is 0 Å². The van der Waals surface area contributed by atoms with Crippen LogP contribution in [0, 0.1) is 11.3 Å². The van der Waals surface area contributed by atoms with Crippen LogP contribution in [0.1, 0.15) is 33.1 Å². The minimum Gasteiger partial charge on any atom is -0.394 e. The predicted octanol–water partition coefficient (Wildman–Crippen LogP) is 1.32. The number of carbonyl (C=O) groups excluding carboxylic acids is 1. The van der Waals surface area contributed by atoms with Gasteiger partial charge in [0.2, 0.25) is 0 Å². The molecule has 1 atom stereocenters. The zero-order valence-corrected chi connectivity index (χ0v) is 11.9. The second-order valence-electron chi connectivity index (χ2n) is 6.13. The first kappa shape index (κ1) is 15.6. The van der Waals surface area contributed by atoms with Crippen LogP contribution in [0.15, 0.2) is 0 Å². The Kier molecular flexibility index (Phi) is 6.26. The summed E-state index contributed by atoms with van der Waals surface area (Å²) in [6.45, 7) is 7.20. The molecule has 0 aromatic carbocycles. The van der Waals surface area contributed by atoms with Gasteiger partial charge >= 0.3 is 0 Å². The highest BCUT2D eigenvalue weighted by atomic mass is 16.5. The fourth-order valence-corrected chi connectivity index (χ4v) is 2.57. The summed E-state index contributed by atoms with van der Waals surface area (Å²) in [6, 6.07) is 0. The number of ketones is 1. The van der Waals surface area contributed by atoms with Crippen LogP contribution >= 0.6 is 0 Å². The third-order valence-electron chi connectivity index (χ3n) is 3.69. The fraction of sp³-hybridized carbons (Fsp3) is 0.929. The highest BCUT2D eigenvalue weighted by molar-refractivity contribution is 5.82. The smallest absolute Gasteiger partial charge is 0.137 e. The third-order valence-corrected chi connectivity index (χ3v) is 3.69. The van der Waals surface area contributed by atoms with E-state index in [0.717, 1.165) is 32.4 Å². The van der Waals surface area contributed by atoms with Crippen LogP contribution in [0.4, 0.5) is 0 Å². The molecule has 1 rings (SSSR count). The van der Waals surface area contributed by atoms with E-state index in [0.29, 0.717) is 24.4 Å². The lowest BCUT2D eigenvalue weighted by Crippen LogP contribution is -2.38. The summed E-state index contributed by atoms with van der Waals surface area (Å²) in [5.41, 5.74) is 0.298. The Balaban J connectivity index is 2.29. The van der Waals surface area contributed by atoms with Gasteiger partial charge in [-0.3, -0.25) is 4.79 Å². The lowest BCUT2D eigenvalue weighted by Gasteiger charge is -2.35. The van der Waals surface area contributed by atoms with Gasteiger partial charge in [0.1, 0.15) is 5.78 Å². The maximum Gasteiger partial charge on any atom is 0.137 e. The van der Waals surface area contributed by atoms with E-state index in [9.17, 15) is 4.79 Å². The molecule has 1 fully saturated rings. The van der Waals surface area contributed by atoms with Crippen molar-refractivity contribution in [1.29, 1.82) is 0 Å². The number of hydrogen-bond acceptors (Lipinski definition) is 4. The topological polar surface area (TPSA) is 49.8 Å². The largest absolute Gasteiger partial charge is 0.394 e. The van der Waals surface area contributed by atoms with Crippen LogP contribution in [0.2, 0.25) is 0 Å². The van der Waals surface area contributed by atoms with Gasteiger partial charge in [-0.15, -0.1) is 0 Å². The fourth-order valence-electron chi connectivity index (χ4n) is 2.57. The molecule has 1 N–H and O–H groups in total. The molecule has 1 aliphatic carbocycles. The summed E-state index contributed by atoms with van der Waals surface area (Å²) >= 11 is 0. The average Bonchev–Trinajstić information content (AvgIpc) is 2.29. The number of hydrogen-bond donors (Lipinski definition) is 1. The molecule has 106 valence electrons. The Labute approximate surface area is 110 Å². The van der Waals surface area contributed by atoms with Crippen LogP contribution < -0.4 is 0 Å². The van der Waals surface area contributed by atoms with Crippen molar-refractivity contribution >= 4 is 5.78 Å². The molecule has 0 amide bonds. The standard InChI is InChI=1S/C14H27NO3/c1-14(2)5-4-13(17)12(10-14)11-15(3)6-8-18-9-7-16/h12,16H,4-11H2,1-3H3. The minimum atomic E-state index is 0.0685. The van der Waals surface area contributed by atoms with Crippen LogP contribution in [0.25, 0.3) is 0 Å². The van der Waals surface area contributed by atoms with E-state index in [-0.39, 0.29) is 12.5 Å². The summed E-state index contributed by atoms with van der Waals surface area (Å²) in [5, 5.41) is 8.60. The van der Waals surface area contributed by atoms with E-state index >= 15 is 0 Å². The van der Waals surface area contributed by atoms with Crippen LogP contribution in [-0.4, -0.2) is 55.7 Å². The summed E-state index contributed by atoms with van der Waals surface area (Å²) in [4.78, 5) is 14.1. The average molecular weight is 257 g/mol. The van der Waals surface area contributed by atoms with E-state index in [1.54, 1.807) is 0 Å². The van der Waals surface area contributed by atoms with Gasteiger partial charge < -0.3 is 14.7 Å². The SMILES string of the molecule is CN(CCOCCO)CC1CC(C)(C)CCC1=O. The minimum absolute atomic E-state index is 0.0685. The quantitative estimate of drug-likeness (QED) is 0.699. The van der Waals surface area contributed by atoms with E-state index in [4.69, 9.17) is 9.84 Å². The Morgan fingerprint density at radius 1 is 1.44 bits per heavy atom. The summed E-state index contributed by atoms with van der Waals surface area (Å²) < 4.78 is 5.23. The zero-order chi connectivity index (χ0) is 13.6. The molecular weight excluding hydrogens is 230 g/mol. The Morgan fingerprint density at radius 2 is 2.17 bits per heavy atom. The first-order chi connectivity index (χ1) is 8.44. The Morgan fingerprint density at radius 3 is 2.83 bits per heavy atom. The molecule has 0 saturated heterocycles. The van der Waals surface area contributed by atoms with E-state index < -0.39 is 0 Å². The molecule has 0 radical (unpaired) electrons. The number of aliphatic hydroxyl groups excluding tert-OH is 1. The number of Topliss-reactive ketones (excluding diaryl/α,β-unsaturated/α-hetero) is 1. The first-order valence-corrected chi connectivity index (χ1v) is 6.84. The number of aliphatic hydroxyl groups is 1. The highest BCUT2D eigenvalue weighted by Gasteiger charge is 2.33. The molecule has 0 aromatic rings. The molecule has 4 nitrogen and oxygen atoms in total. The second-order valence-corrected chi connectivity index (χ2v) is 6.13. The number of likely N-dealkylation sites (N-methyl/N-ethyl adjacent to an activating group) is 1. The van der Waals surface area contributed by atoms with Crippen molar-refractivity contribution in [2.45, 2.75) is 33.1 Å². The predicted molar refractivity (Wildman–Crippen MR) is 71.5 cm³/mol. The monoisotopic (exact) mass is 257 g/mol. The van der Waals surface area contributed by atoms with Crippen LogP contribution in [0.3, 0.4) is 0 Å². The van der Waals surface area contributed by atoms with Gasteiger partial charge in [-0.2, -0.15) is 0 Å². The number of nitrogens with zero attached hydrogens (tertiary/aromatic N) is 1. The Hall–Kier alpha value is -0.450. The molecular formula is C14H27NO3. The zero-order valence-electron chi connectivity index (χ0n) is 11.9. The molecule has 1 unspecified atom stereocenters. The summed E-state index contributed by atoms with van der Waals surface area (Å²) in [5.74, 6) is 0.592. The van der Waals surface area contributed by atoms with Crippen molar-refractivity contribution in [2.24, 2.45) is 11.3 Å². The number of rotatable bonds is 7. The van der Waals surface area contributed by atoms with Gasteiger partial charge in [0.05, 0.1) is 19.8 Å². The Bertz CT molecular complexity index is 266. The van der Waals surface area contributed by atoms with Crippen molar-refractivity contribution < 1.29 is 14.6 Å². The lowest BCUT2D eigenvalue weighted by atomic mass is 9.71. The molecule has 0 spiro atoms. The molecule has 18 heavy (non-hydrogen) atoms.